The number of aromatic amines is 1. The summed E-state index contributed by atoms with van der Waals surface area (Å²) in [5.41, 5.74) is 8.03. The monoisotopic (exact) mass is 218 g/mol. The Kier molecular flexibility index (Phi) is 2.77. The minimum atomic E-state index is -0.471. The Bertz CT molecular complexity index is 575. The zero-order chi connectivity index (χ0) is 11.7. The van der Waals surface area contributed by atoms with Crippen LogP contribution < -0.4 is 11.3 Å². The molecule has 0 saturated heterocycles. The van der Waals surface area contributed by atoms with Gasteiger partial charge < -0.3 is 15.8 Å². The molecule has 0 spiro atoms. The number of hydrogen-bond donors (Lipinski definition) is 3. The molecule has 16 heavy (non-hydrogen) atoms. The summed E-state index contributed by atoms with van der Waals surface area (Å²) in [5.74, 6) is 0. The molecule has 1 unspecified atom stereocenters. The van der Waals surface area contributed by atoms with Crippen molar-refractivity contribution in [2.45, 2.75) is 13.0 Å². The number of aliphatic hydroxyl groups is 1. The molecule has 0 aliphatic rings. The fourth-order valence-electron chi connectivity index (χ4n) is 1.88. The number of para-hydroxylation sites is 1. The van der Waals surface area contributed by atoms with Crippen molar-refractivity contribution in [1.82, 2.24) is 4.98 Å². The van der Waals surface area contributed by atoms with E-state index in [1.165, 1.54) is 0 Å². The van der Waals surface area contributed by atoms with Crippen molar-refractivity contribution < 1.29 is 5.11 Å². The van der Waals surface area contributed by atoms with Gasteiger partial charge in [-0.1, -0.05) is 18.2 Å². The molecule has 1 aromatic heterocycles. The van der Waals surface area contributed by atoms with Crippen LogP contribution in [-0.2, 0) is 0 Å². The van der Waals surface area contributed by atoms with Gasteiger partial charge in [-0.05, 0) is 18.1 Å². The number of rotatable bonds is 2. The molecule has 0 radical (unpaired) electrons. The van der Waals surface area contributed by atoms with Gasteiger partial charge >= 0.3 is 0 Å². The van der Waals surface area contributed by atoms with Crippen LogP contribution in [0.1, 0.15) is 17.2 Å². The first-order chi connectivity index (χ1) is 7.63. The van der Waals surface area contributed by atoms with Gasteiger partial charge in [-0.25, -0.2) is 0 Å². The predicted octanol–water partition coefficient (Wildman–Crippen LogP) is 0.829. The summed E-state index contributed by atoms with van der Waals surface area (Å²) in [6, 6.07) is 6.70. The zero-order valence-corrected chi connectivity index (χ0v) is 9.03. The lowest BCUT2D eigenvalue weighted by atomic mass is 10.0. The first-order valence-electron chi connectivity index (χ1n) is 5.12. The molecule has 84 valence electrons. The van der Waals surface area contributed by atoms with E-state index in [2.05, 4.69) is 4.98 Å². The van der Waals surface area contributed by atoms with Crippen molar-refractivity contribution in [2.24, 2.45) is 5.73 Å². The van der Waals surface area contributed by atoms with Crippen LogP contribution in [0.2, 0.25) is 0 Å². The quantitative estimate of drug-likeness (QED) is 0.698. The van der Waals surface area contributed by atoms with Crippen molar-refractivity contribution in [3.63, 3.8) is 0 Å². The van der Waals surface area contributed by atoms with Gasteiger partial charge in [0.2, 0.25) is 5.56 Å². The fourth-order valence-corrected chi connectivity index (χ4v) is 1.88. The molecule has 4 nitrogen and oxygen atoms in total. The molecule has 1 heterocycles. The van der Waals surface area contributed by atoms with Crippen molar-refractivity contribution in [3.8, 4) is 0 Å². The Hall–Kier alpha value is -1.65. The molecule has 2 rings (SSSR count). The van der Waals surface area contributed by atoms with Gasteiger partial charge in [-0.3, -0.25) is 4.79 Å². The number of aliphatic hydroxyl groups excluding tert-OH is 1. The minimum Gasteiger partial charge on any atom is -0.394 e. The summed E-state index contributed by atoms with van der Waals surface area (Å²) < 4.78 is 0. The van der Waals surface area contributed by atoms with Crippen molar-refractivity contribution in [2.75, 3.05) is 6.61 Å². The molecule has 1 atom stereocenters. The number of nitrogens with one attached hydrogen (secondary N) is 1. The van der Waals surface area contributed by atoms with Gasteiger partial charge in [0.15, 0.2) is 0 Å². The lowest BCUT2D eigenvalue weighted by Crippen LogP contribution is -2.16. The Morgan fingerprint density at radius 2 is 2.25 bits per heavy atom. The molecule has 0 aliphatic carbocycles. The van der Waals surface area contributed by atoms with E-state index in [0.29, 0.717) is 5.52 Å². The van der Waals surface area contributed by atoms with E-state index in [0.717, 1.165) is 16.5 Å². The average Bonchev–Trinajstić information content (AvgIpc) is 2.27. The highest BCUT2D eigenvalue weighted by Crippen LogP contribution is 2.22. The summed E-state index contributed by atoms with van der Waals surface area (Å²) >= 11 is 0. The van der Waals surface area contributed by atoms with Gasteiger partial charge in [-0.15, -0.1) is 0 Å². The molecule has 0 bridgehead atoms. The van der Waals surface area contributed by atoms with Crippen LogP contribution in [0.15, 0.2) is 29.1 Å². The summed E-state index contributed by atoms with van der Waals surface area (Å²) in [6.45, 7) is 1.74. The average molecular weight is 218 g/mol. The third kappa shape index (κ3) is 1.73. The van der Waals surface area contributed by atoms with Crippen molar-refractivity contribution in [1.29, 1.82) is 0 Å². The second-order valence-corrected chi connectivity index (χ2v) is 3.88. The van der Waals surface area contributed by atoms with Crippen LogP contribution in [-0.4, -0.2) is 16.7 Å². The van der Waals surface area contributed by atoms with E-state index >= 15 is 0 Å². The summed E-state index contributed by atoms with van der Waals surface area (Å²) in [7, 11) is 0. The number of aromatic nitrogens is 1. The highest BCUT2D eigenvalue weighted by molar-refractivity contribution is 5.85. The number of benzene rings is 1. The Morgan fingerprint density at radius 1 is 1.50 bits per heavy atom. The van der Waals surface area contributed by atoms with Crippen molar-refractivity contribution in [3.05, 3.63) is 45.7 Å². The standard InChI is InChI=1S/C12H14N2O2/c1-7-5-11(16)14-12-8(7)3-2-4-9(12)10(13)6-15/h2-5,10,15H,6,13H2,1H3,(H,14,16). The molecule has 4 N–H and O–H groups in total. The number of fused-ring (bicyclic) bond motifs is 1. The predicted molar refractivity (Wildman–Crippen MR) is 63.3 cm³/mol. The highest BCUT2D eigenvalue weighted by Gasteiger charge is 2.10. The number of aryl methyl sites for hydroxylation is 1. The molecule has 0 fully saturated rings. The van der Waals surface area contributed by atoms with E-state index in [9.17, 15) is 4.79 Å². The minimum absolute atomic E-state index is 0.144. The Morgan fingerprint density at radius 3 is 2.94 bits per heavy atom. The van der Waals surface area contributed by atoms with E-state index < -0.39 is 6.04 Å². The van der Waals surface area contributed by atoms with Crippen LogP contribution in [0.25, 0.3) is 10.9 Å². The maximum Gasteiger partial charge on any atom is 0.248 e. The van der Waals surface area contributed by atoms with Gasteiger partial charge in [0.25, 0.3) is 0 Å². The number of pyridine rings is 1. The van der Waals surface area contributed by atoms with Crippen LogP contribution in [0.3, 0.4) is 0 Å². The number of hydrogen-bond acceptors (Lipinski definition) is 3. The van der Waals surface area contributed by atoms with Crippen LogP contribution in [0, 0.1) is 6.92 Å². The molecule has 2 aromatic rings. The smallest absolute Gasteiger partial charge is 0.248 e. The second-order valence-electron chi connectivity index (χ2n) is 3.88. The molecule has 0 saturated carbocycles. The summed E-state index contributed by atoms with van der Waals surface area (Å²) in [5, 5.41) is 10.0. The van der Waals surface area contributed by atoms with Crippen molar-refractivity contribution >= 4 is 10.9 Å². The van der Waals surface area contributed by atoms with E-state index in [-0.39, 0.29) is 12.2 Å². The van der Waals surface area contributed by atoms with Crippen LogP contribution in [0.5, 0.6) is 0 Å². The fraction of sp³-hybridized carbons (Fsp3) is 0.250. The number of nitrogens with two attached hydrogens (primary N) is 1. The molecule has 1 aromatic carbocycles. The van der Waals surface area contributed by atoms with Crippen LogP contribution >= 0.6 is 0 Å². The van der Waals surface area contributed by atoms with Gasteiger partial charge in [0, 0.05) is 11.5 Å². The normalized spacial score (nSPS) is 12.9. The third-order valence-corrected chi connectivity index (χ3v) is 2.71. The summed E-state index contributed by atoms with van der Waals surface area (Å²) in [6.07, 6.45) is 0. The first-order valence-corrected chi connectivity index (χ1v) is 5.12. The zero-order valence-electron chi connectivity index (χ0n) is 9.03. The van der Waals surface area contributed by atoms with E-state index in [1.54, 1.807) is 6.07 Å². The van der Waals surface area contributed by atoms with Gasteiger partial charge in [0.1, 0.15) is 0 Å². The summed E-state index contributed by atoms with van der Waals surface area (Å²) in [4.78, 5) is 14.2. The first kappa shape index (κ1) is 10.9. The largest absolute Gasteiger partial charge is 0.394 e. The Labute approximate surface area is 92.7 Å². The third-order valence-electron chi connectivity index (χ3n) is 2.71. The number of H-pyrrole nitrogens is 1. The van der Waals surface area contributed by atoms with E-state index in [1.807, 2.05) is 25.1 Å². The lowest BCUT2D eigenvalue weighted by molar-refractivity contribution is 0.268. The van der Waals surface area contributed by atoms with E-state index in [4.69, 9.17) is 10.8 Å². The molecule has 0 aliphatic heterocycles. The molecular formula is C12H14N2O2. The second kappa shape index (κ2) is 4.08. The van der Waals surface area contributed by atoms with Gasteiger partial charge in [-0.2, -0.15) is 0 Å². The molecule has 0 amide bonds. The highest BCUT2D eigenvalue weighted by atomic mass is 16.3. The molecular weight excluding hydrogens is 204 g/mol. The Balaban J connectivity index is 2.81. The maximum atomic E-state index is 11.4. The maximum absolute atomic E-state index is 11.4. The molecule has 4 heteroatoms. The SMILES string of the molecule is Cc1cc(=O)[nH]c2c(C(N)CO)cccc12. The van der Waals surface area contributed by atoms with Crippen LogP contribution in [0.4, 0.5) is 0 Å². The topological polar surface area (TPSA) is 79.1 Å². The lowest BCUT2D eigenvalue weighted by Gasteiger charge is -2.12. The van der Waals surface area contributed by atoms with Gasteiger partial charge in [0.05, 0.1) is 18.2 Å².